The van der Waals surface area contributed by atoms with E-state index < -0.39 is 0 Å². The Bertz CT molecular complexity index is 679. The summed E-state index contributed by atoms with van der Waals surface area (Å²) in [5.74, 6) is 1.59. The van der Waals surface area contributed by atoms with Gasteiger partial charge in [0.05, 0.1) is 12.8 Å². The molecule has 0 saturated heterocycles. The number of carbonyl (C=O) groups excluding carboxylic acids is 1. The quantitative estimate of drug-likeness (QED) is 0.906. The fourth-order valence-electron chi connectivity index (χ4n) is 2.83. The summed E-state index contributed by atoms with van der Waals surface area (Å²) in [5.41, 5.74) is 2.31. The van der Waals surface area contributed by atoms with Gasteiger partial charge in [0.1, 0.15) is 5.75 Å². The maximum Gasteiger partial charge on any atom is 0.226 e. The van der Waals surface area contributed by atoms with Crippen molar-refractivity contribution in [1.29, 1.82) is 0 Å². The Morgan fingerprint density at radius 3 is 2.91 bits per heavy atom. The molecule has 0 radical (unpaired) electrons. The average Bonchev–Trinajstić information content (AvgIpc) is 2.94. The number of nitrogens with zero attached hydrogens (tertiary/aromatic N) is 1. The number of benzene rings is 1. The van der Waals surface area contributed by atoms with Gasteiger partial charge in [-0.1, -0.05) is 19.1 Å². The topological polar surface area (TPSA) is 51.2 Å². The van der Waals surface area contributed by atoms with Crippen molar-refractivity contribution in [1.82, 2.24) is 4.98 Å². The van der Waals surface area contributed by atoms with Crippen molar-refractivity contribution in [2.24, 2.45) is 5.92 Å². The first kappa shape index (κ1) is 16.0. The molecule has 0 aliphatic heterocycles. The summed E-state index contributed by atoms with van der Waals surface area (Å²) in [6.45, 7) is 2.27. The molecule has 0 spiro atoms. The van der Waals surface area contributed by atoms with E-state index in [1.54, 1.807) is 18.4 Å². The van der Waals surface area contributed by atoms with Gasteiger partial charge in [0.2, 0.25) is 5.91 Å². The van der Waals surface area contributed by atoms with E-state index in [9.17, 15) is 4.79 Å². The molecule has 1 unspecified atom stereocenters. The number of ether oxygens (including phenoxy) is 1. The van der Waals surface area contributed by atoms with Crippen LogP contribution in [0, 0.1) is 5.92 Å². The molecule has 4 nitrogen and oxygen atoms in total. The predicted molar refractivity (Wildman–Crippen MR) is 93.2 cm³/mol. The number of methoxy groups -OCH3 is 1. The molecule has 0 fully saturated rings. The van der Waals surface area contributed by atoms with Gasteiger partial charge in [0.15, 0.2) is 5.13 Å². The molecule has 0 bridgehead atoms. The number of nitrogens with one attached hydrogen (secondary N) is 1. The Labute approximate surface area is 140 Å². The number of anilines is 1. The Hall–Kier alpha value is -1.88. The summed E-state index contributed by atoms with van der Waals surface area (Å²) >= 11 is 1.63. The Morgan fingerprint density at radius 1 is 1.39 bits per heavy atom. The molecule has 23 heavy (non-hydrogen) atoms. The summed E-state index contributed by atoms with van der Waals surface area (Å²) < 4.78 is 5.13. The fraction of sp³-hybridized carbons (Fsp3) is 0.444. The molecule has 1 heterocycles. The van der Waals surface area contributed by atoms with E-state index >= 15 is 0 Å². The molecule has 1 aromatic carbocycles. The molecule has 0 saturated carbocycles. The van der Waals surface area contributed by atoms with E-state index in [4.69, 9.17) is 4.74 Å². The minimum Gasteiger partial charge on any atom is -0.497 e. The second kappa shape index (κ2) is 7.13. The maximum atomic E-state index is 12.1. The normalized spacial score (nSPS) is 16.7. The van der Waals surface area contributed by atoms with Crippen molar-refractivity contribution in [3.63, 3.8) is 0 Å². The molecule has 5 heteroatoms. The monoisotopic (exact) mass is 330 g/mol. The van der Waals surface area contributed by atoms with Gasteiger partial charge in [0.25, 0.3) is 0 Å². The van der Waals surface area contributed by atoms with Crippen molar-refractivity contribution in [2.45, 2.75) is 39.0 Å². The number of fused-ring (bicyclic) bond motifs is 1. The van der Waals surface area contributed by atoms with Crippen molar-refractivity contribution in [3.05, 3.63) is 40.4 Å². The number of amides is 1. The Balaban J connectivity index is 1.53. The predicted octanol–water partition coefficient (Wildman–Crippen LogP) is 3.85. The molecule has 1 aromatic heterocycles. The van der Waals surface area contributed by atoms with Gasteiger partial charge in [0, 0.05) is 11.3 Å². The van der Waals surface area contributed by atoms with Crippen LogP contribution >= 0.6 is 11.3 Å². The molecule has 1 atom stereocenters. The van der Waals surface area contributed by atoms with Gasteiger partial charge >= 0.3 is 0 Å². The Kier molecular flexibility index (Phi) is 4.96. The molecule has 1 N–H and O–H groups in total. The molecular weight excluding hydrogens is 308 g/mol. The van der Waals surface area contributed by atoms with Crippen LogP contribution in [-0.4, -0.2) is 18.0 Å². The lowest BCUT2D eigenvalue weighted by Crippen LogP contribution is -2.12. The minimum atomic E-state index is 0.0277. The van der Waals surface area contributed by atoms with Crippen LogP contribution in [0.4, 0.5) is 5.13 Å². The third-order valence-electron chi connectivity index (χ3n) is 4.23. The molecule has 122 valence electrons. The highest BCUT2D eigenvalue weighted by atomic mass is 32.1. The van der Waals surface area contributed by atoms with Gasteiger partial charge in [-0.05, 0) is 49.3 Å². The molecular formula is C18H22N2O2S. The van der Waals surface area contributed by atoms with E-state index in [1.807, 2.05) is 24.3 Å². The zero-order valence-electron chi connectivity index (χ0n) is 13.6. The lowest BCUT2D eigenvalue weighted by molar-refractivity contribution is -0.116. The zero-order chi connectivity index (χ0) is 16.2. The second-order valence-electron chi connectivity index (χ2n) is 6.13. The van der Waals surface area contributed by atoms with Crippen LogP contribution in [0.1, 0.15) is 35.9 Å². The van der Waals surface area contributed by atoms with Crippen molar-refractivity contribution >= 4 is 22.4 Å². The molecule has 1 amide bonds. The van der Waals surface area contributed by atoms with Crippen LogP contribution in [0.5, 0.6) is 5.75 Å². The summed E-state index contributed by atoms with van der Waals surface area (Å²) in [4.78, 5) is 18.0. The van der Waals surface area contributed by atoms with Gasteiger partial charge in [-0.15, -0.1) is 11.3 Å². The standard InChI is InChI=1S/C18H22N2O2S/c1-12-3-9-15-16(11-12)23-18(19-15)20-17(21)10-6-13-4-7-14(22-2)8-5-13/h4-5,7-8,12H,3,6,9-11H2,1-2H3,(H,19,20,21). The van der Waals surface area contributed by atoms with E-state index in [0.717, 1.165) is 41.6 Å². The van der Waals surface area contributed by atoms with Crippen LogP contribution < -0.4 is 10.1 Å². The number of hydrogen-bond acceptors (Lipinski definition) is 4. The average molecular weight is 330 g/mol. The van der Waals surface area contributed by atoms with Gasteiger partial charge in [-0.3, -0.25) is 4.79 Å². The summed E-state index contributed by atoms with van der Waals surface area (Å²) in [6.07, 6.45) is 4.51. The molecule has 1 aliphatic carbocycles. The number of rotatable bonds is 5. The SMILES string of the molecule is COc1ccc(CCC(=O)Nc2nc3c(s2)CC(C)CC3)cc1. The molecule has 1 aliphatic rings. The Morgan fingerprint density at radius 2 is 2.17 bits per heavy atom. The number of hydrogen-bond donors (Lipinski definition) is 1. The van der Waals surface area contributed by atoms with Crippen molar-refractivity contribution in [3.8, 4) is 5.75 Å². The van der Waals surface area contributed by atoms with Crippen molar-refractivity contribution < 1.29 is 9.53 Å². The van der Waals surface area contributed by atoms with Crippen LogP contribution in [0.15, 0.2) is 24.3 Å². The lowest BCUT2D eigenvalue weighted by Gasteiger charge is -2.15. The van der Waals surface area contributed by atoms with E-state index in [-0.39, 0.29) is 5.91 Å². The second-order valence-corrected chi connectivity index (χ2v) is 7.22. The smallest absolute Gasteiger partial charge is 0.226 e. The number of carbonyl (C=O) groups is 1. The first-order chi connectivity index (χ1) is 11.1. The van der Waals surface area contributed by atoms with Crippen LogP contribution in [0.25, 0.3) is 0 Å². The van der Waals surface area contributed by atoms with Crippen LogP contribution in [0.3, 0.4) is 0 Å². The van der Waals surface area contributed by atoms with Crippen molar-refractivity contribution in [2.75, 3.05) is 12.4 Å². The molecule has 2 aromatic rings. The van der Waals surface area contributed by atoms with Gasteiger partial charge in [-0.2, -0.15) is 0 Å². The largest absolute Gasteiger partial charge is 0.497 e. The first-order valence-corrected chi connectivity index (χ1v) is 8.87. The number of aromatic nitrogens is 1. The van der Waals surface area contributed by atoms with Gasteiger partial charge in [-0.25, -0.2) is 4.98 Å². The van der Waals surface area contributed by atoms with Gasteiger partial charge < -0.3 is 10.1 Å². The highest BCUT2D eigenvalue weighted by Crippen LogP contribution is 2.32. The summed E-state index contributed by atoms with van der Waals surface area (Å²) in [5, 5.41) is 3.70. The summed E-state index contributed by atoms with van der Waals surface area (Å²) in [7, 11) is 1.65. The number of aryl methyl sites for hydroxylation is 2. The third-order valence-corrected chi connectivity index (χ3v) is 5.27. The third kappa shape index (κ3) is 4.10. The van der Waals surface area contributed by atoms with E-state index in [0.29, 0.717) is 6.42 Å². The highest BCUT2D eigenvalue weighted by Gasteiger charge is 2.20. The minimum absolute atomic E-state index is 0.0277. The van der Waals surface area contributed by atoms with E-state index in [2.05, 4.69) is 17.2 Å². The zero-order valence-corrected chi connectivity index (χ0v) is 14.4. The van der Waals surface area contributed by atoms with Crippen LogP contribution in [0.2, 0.25) is 0 Å². The number of thiazole rings is 1. The molecule has 3 rings (SSSR count). The first-order valence-electron chi connectivity index (χ1n) is 8.05. The fourth-order valence-corrected chi connectivity index (χ4v) is 4.01. The van der Waals surface area contributed by atoms with Crippen LogP contribution in [-0.2, 0) is 24.1 Å². The lowest BCUT2D eigenvalue weighted by atomic mass is 9.93. The van der Waals surface area contributed by atoms with E-state index in [1.165, 1.54) is 17.0 Å². The summed E-state index contributed by atoms with van der Waals surface area (Å²) in [6, 6.07) is 7.83. The maximum absolute atomic E-state index is 12.1. The highest BCUT2D eigenvalue weighted by molar-refractivity contribution is 7.15.